The maximum absolute atomic E-state index is 12.1. The van der Waals surface area contributed by atoms with E-state index in [-0.39, 0.29) is 12.3 Å². The van der Waals surface area contributed by atoms with Crippen LogP contribution < -0.4 is 15.5 Å². The quantitative estimate of drug-likeness (QED) is 0.727. The fraction of sp³-hybridized carbons (Fsp3) is 0.250. The molecule has 2 aromatic rings. The minimum Gasteiger partial charge on any atom is -0.456 e. The largest absolute Gasteiger partial charge is 0.456 e. The molecule has 8 heteroatoms. The molecule has 1 aliphatic heterocycles. The van der Waals surface area contributed by atoms with Crippen LogP contribution in [0.4, 0.5) is 17.1 Å². The Balaban J connectivity index is 1.46. The maximum atomic E-state index is 12.1. The Hall–Kier alpha value is -3.00. The fourth-order valence-corrected chi connectivity index (χ4v) is 3.72. The van der Waals surface area contributed by atoms with Crippen molar-refractivity contribution in [3.63, 3.8) is 0 Å². The molecule has 3 rings (SSSR count). The highest BCUT2D eigenvalue weighted by molar-refractivity contribution is 8.01. The van der Waals surface area contributed by atoms with Gasteiger partial charge in [-0.15, -0.1) is 11.8 Å². The number of ether oxygens (including phenoxy) is 1. The third kappa shape index (κ3) is 5.04. The first-order valence-corrected chi connectivity index (χ1v) is 9.60. The number of nitrogens with zero attached hydrogens (tertiary/aromatic N) is 1. The Morgan fingerprint density at radius 3 is 2.57 bits per heavy atom. The van der Waals surface area contributed by atoms with Gasteiger partial charge in [-0.05, 0) is 36.4 Å². The summed E-state index contributed by atoms with van der Waals surface area (Å²) in [6, 6.07) is 14.7. The Kier molecular flexibility index (Phi) is 6.20. The highest BCUT2D eigenvalue weighted by Crippen LogP contribution is 2.36. The number of thioether (sulfide) groups is 1. The number of benzene rings is 2. The van der Waals surface area contributed by atoms with E-state index in [1.54, 1.807) is 12.1 Å². The van der Waals surface area contributed by atoms with Crippen molar-refractivity contribution in [1.82, 2.24) is 0 Å². The van der Waals surface area contributed by atoms with Gasteiger partial charge in [0, 0.05) is 30.4 Å². The molecule has 0 saturated carbocycles. The van der Waals surface area contributed by atoms with E-state index in [1.165, 1.54) is 11.8 Å². The van der Waals surface area contributed by atoms with Crippen LogP contribution in [0.15, 0.2) is 53.4 Å². The van der Waals surface area contributed by atoms with E-state index in [2.05, 4.69) is 10.6 Å². The van der Waals surface area contributed by atoms with Crippen LogP contribution in [0.3, 0.4) is 0 Å². The van der Waals surface area contributed by atoms with E-state index in [4.69, 9.17) is 4.74 Å². The molecular weight excluding hydrogens is 378 g/mol. The van der Waals surface area contributed by atoms with Crippen LogP contribution in [0.2, 0.25) is 0 Å². The second-order valence-electron chi connectivity index (χ2n) is 6.45. The second kappa shape index (κ2) is 8.79. The van der Waals surface area contributed by atoms with Crippen molar-refractivity contribution in [3.05, 3.63) is 48.5 Å². The molecule has 1 heterocycles. The summed E-state index contributed by atoms with van der Waals surface area (Å²) in [7, 11) is 3.85. The lowest BCUT2D eigenvalue weighted by molar-refractivity contribution is -0.147. The number of para-hydroxylation sites is 1. The Morgan fingerprint density at radius 2 is 1.86 bits per heavy atom. The van der Waals surface area contributed by atoms with E-state index >= 15 is 0 Å². The van der Waals surface area contributed by atoms with Gasteiger partial charge in [0.05, 0.1) is 17.4 Å². The van der Waals surface area contributed by atoms with Crippen LogP contribution in [-0.4, -0.2) is 43.7 Å². The van der Waals surface area contributed by atoms with Crippen molar-refractivity contribution in [2.24, 2.45) is 0 Å². The number of amides is 2. The zero-order valence-corrected chi connectivity index (χ0v) is 16.4. The summed E-state index contributed by atoms with van der Waals surface area (Å²) in [6.07, 6.45) is -0.102. The number of hydrogen-bond acceptors (Lipinski definition) is 6. The standard InChI is InChI=1S/C20H21N3O4S/c1-23(2)14-9-7-13(8-10-14)21-18(24)12-27-19(25)11-17-20(26)22-15-5-3-4-6-16(15)28-17/h3-10,17H,11-12H2,1-2H3,(H,21,24)(H,22,26)/t17-/m1/s1. The third-order valence-corrected chi connectivity index (χ3v) is 5.37. The molecule has 0 aliphatic carbocycles. The molecule has 28 heavy (non-hydrogen) atoms. The van der Waals surface area contributed by atoms with Crippen molar-refractivity contribution >= 4 is 46.6 Å². The minimum atomic E-state index is -0.592. The first-order chi connectivity index (χ1) is 13.4. The molecule has 2 amide bonds. The molecule has 0 radical (unpaired) electrons. The summed E-state index contributed by atoms with van der Waals surface area (Å²) >= 11 is 1.32. The van der Waals surface area contributed by atoms with E-state index in [1.807, 2.05) is 55.4 Å². The molecule has 1 atom stereocenters. The number of carbonyl (C=O) groups excluding carboxylic acids is 3. The number of fused-ring (bicyclic) bond motifs is 1. The van der Waals surface area contributed by atoms with Gasteiger partial charge < -0.3 is 20.3 Å². The van der Waals surface area contributed by atoms with Gasteiger partial charge in [0.15, 0.2) is 6.61 Å². The van der Waals surface area contributed by atoms with Crippen molar-refractivity contribution in [1.29, 1.82) is 0 Å². The van der Waals surface area contributed by atoms with Gasteiger partial charge in [0.2, 0.25) is 5.91 Å². The van der Waals surface area contributed by atoms with Crippen LogP contribution in [0.25, 0.3) is 0 Å². The molecule has 0 bridgehead atoms. The lowest BCUT2D eigenvalue weighted by Crippen LogP contribution is -2.32. The summed E-state index contributed by atoms with van der Waals surface area (Å²) in [5, 5.41) is 4.87. The van der Waals surface area contributed by atoms with Gasteiger partial charge in [-0.1, -0.05) is 12.1 Å². The second-order valence-corrected chi connectivity index (χ2v) is 7.69. The zero-order chi connectivity index (χ0) is 20.1. The van der Waals surface area contributed by atoms with E-state index in [0.717, 1.165) is 16.3 Å². The zero-order valence-electron chi connectivity index (χ0n) is 15.6. The third-order valence-electron chi connectivity index (χ3n) is 4.09. The van der Waals surface area contributed by atoms with Gasteiger partial charge in [-0.2, -0.15) is 0 Å². The molecule has 146 valence electrons. The molecule has 7 nitrogen and oxygen atoms in total. The van der Waals surface area contributed by atoms with Gasteiger partial charge in [-0.25, -0.2) is 0 Å². The smallest absolute Gasteiger partial charge is 0.307 e. The molecule has 2 N–H and O–H groups in total. The van der Waals surface area contributed by atoms with E-state index in [0.29, 0.717) is 5.69 Å². The summed E-state index contributed by atoms with van der Waals surface area (Å²) in [5.74, 6) is -1.27. The number of hydrogen-bond donors (Lipinski definition) is 2. The number of carbonyl (C=O) groups is 3. The average Bonchev–Trinajstić information content (AvgIpc) is 2.67. The summed E-state index contributed by atoms with van der Waals surface area (Å²) in [4.78, 5) is 39.0. The Labute approximate surface area is 167 Å². The van der Waals surface area contributed by atoms with Crippen molar-refractivity contribution in [2.45, 2.75) is 16.6 Å². The summed E-state index contributed by atoms with van der Waals surface area (Å²) < 4.78 is 5.02. The first kappa shape index (κ1) is 19.8. The van der Waals surface area contributed by atoms with Gasteiger partial charge in [0.25, 0.3) is 5.91 Å². The summed E-state index contributed by atoms with van der Waals surface area (Å²) in [6.45, 7) is -0.399. The fourth-order valence-electron chi connectivity index (χ4n) is 2.62. The number of nitrogens with one attached hydrogen (secondary N) is 2. The van der Waals surface area contributed by atoms with Crippen LogP contribution >= 0.6 is 11.8 Å². The molecule has 0 fully saturated rings. The first-order valence-electron chi connectivity index (χ1n) is 8.72. The van der Waals surface area contributed by atoms with Gasteiger partial charge >= 0.3 is 5.97 Å². The molecule has 0 unspecified atom stereocenters. The van der Waals surface area contributed by atoms with E-state index in [9.17, 15) is 14.4 Å². The predicted molar refractivity (Wildman–Crippen MR) is 110 cm³/mol. The molecule has 0 saturated heterocycles. The molecule has 2 aromatic carbocycles. The van der Waals surface area contributed by atoms with Crippen molar-refractivity contribution < 1.29 is 19.1 Å². The maximum Gasteiger partial charge on any atom is 0.307 e. The van der Waals surface area contributed by atoms with Crippen LogP contribution in [0.5, 0.6) is 0 Å². The number of esters is 1. The molecular formula is C20H21N3O4S. The Bertz CT molecular complexity index is 883. The van der Waals surface area contributed by atoms with Crippen molar-refractivity contribution in [3.8, 4) is 0 Å². The monoisotopic (exact) mass is 399 g/mol. The average molecular weight is 399 g/mol. The number of rotatable bonds is 6. The normalized spacial score (nSPS) is 15.2. The van der Waals surface area contributed by atoms with Crippen LogP contribution in [0, 0.1) is 0 Å². The van der Waals surface area contributed by atoms with Gasteiger partial charge in [-0.3, -0.25) is 14.4 Å². The molecule has 0 aromatic heterocycles. The lowest BCUT2D eigenvalue weighted by Gasteiger charge is -2.23. The lowest BCUT2D eigenvalue weighted by atomic mass is 10.2. The van der Waals surface area contributed by atoms with Crippen molar-refractivity contribution in [2.75, 3.05) is 36.2 Å². The van der Waals surface area contributed by atoms with Gasteiger partial charge in [0.1, 0.15) is 0 Å². The predicted octanol–water partition coefficient (Wildman–Crippen LogP) is 2.74. The van der Waals surface area contributed by atoms with E-state index < -0.39 is 23.7 Å². The molecule has 0 spiro atoms. The van der Waals surface area contributed by atoms with Crippen LogP contribution in [-0.2, 0) is 19.1 Å². The summed E-state index contributed by atoms with van der Waals surface area (Å²) in [5.41, 5.74) is 2.36. The minimum absolute atomic E-state index is 0.102. The SMILES string of the molecule is CN(C)c1ccc(NC(=O)COC(=O)C[C@H]2Sc3ccccc3NC2=O)cc1. The highest BCUT2D eigenvalue weighted by Gasteiger charge is 2.29. The highest BCUT2D eigenvalue weighted by atomic mass is 32.2. The Morgan fingerprint density at radius 1 is 1.14 bits per heavy atom. The topological polar surface area (TPSA) is 87.7 Å². The van der Waals surface area contributed by atoms with Crippen LogP contribution in [0.1, 0.15) is 6.42 Å². The molecule has 1 aliphatic rings. The number of anilines is 3.